The van der Waals surface area contributed by atoms with Gasteiger partial charge in [-0.1, -0.05) is 32.6 Å². The quantitative estimate of drug-likeness (QED) is 0.697. The third-order valence-corrected chi connectivity index (χ3v) is 2.03. The SMILES string of the molecule is C=C/C=C(\C=C/C)n1cc(C)c(C)n1.CC. The average molecular weight is 218 g/mol. The molecule has 1 rings (SSSR count). The lowest BCUT2D eigenvalue weighted by molar-refractivity contribution is 0.889. The van der Waals surface area contributed by atoms with E-state index in [0.717, 1.165) is 11.4 Å². The lowest BCUT2D eigenvalue weighted by atomic mass is 10.3. The molecular formula is C14H22N2. The summed E-state index contributed by atoms with van der Waals surface area (Å²) in [6.07, 6.45) is 9.72. The van der Waals surface area contributed by atoms with Crippen molar-refractivity contribution in [2.45, 2.75) is 34.6 Å². The zero-order valence-electron chi connectivity index (χ0n) is 11.0. The summed E-state index contributed by atoms with van der Waals surface area (Å²) in [4.78, 5) is 0. The molecule has 0 unspecified atom stereocenters. The summed E-state index contributed by atoms with van der Waals surface area (Å²) in [6, 6.07) is 0. The Kier molecular flexibility index (Phi) is 6.93. The van der Waals surface area contributed by atoms with Crippen LogP contribution in [0.25, 0.3) is 5.70 Å². The molecule has 2 nitrogen and oxygen atoms in total. The lowest BCUT2D eigenvalue weighted by Crippen LogP contribution is -1.95. The molecule has 0 bridgehead atoms. The first-order valence-corrected chi connectivity index (χ1v) is 5.67. The lowest BCUT2D eigenvalue weighted by Gasteiger charge is -1.99. The second-order valence-electron chi connectivity index (χ2n) is 3.17. The summed E-state index contributed by atoms with van der Waals surface area (Å²) in [5.41, 5.74) is 3.28. The number of hydrogen-bond donors (Lipinski definition) is 0. The predicted molar refractivity (Wildman–Crippen MR) is 72.3 cm³/mol. The van der Waals surface area contributed by atoms with E-state index >= 15 is 0 Å². The zero-order valence-corrected chi connectivity index (χ0v) is 11.0. The van der Waals surface area contributed by atoms with Gasteiger partial charge in [0, 0.05) is 6.20 Å². The summed E-state index contributed by atoms with van der Waals surface area (Å²) in [6.45, 7) is 13.7. The Labute approximate surface area is 99.0 Å². The molecule has 0 radical (unpaired) electrons. The maximum Gasteiger partial charge on any atom is 0.0642 e. The maximum atomic E-state index is 4.40. The second kappa shape index (κ2) is 7.69. The van der Waals surface area contributed by atoms with E-state index in [1.54, 1.807) is 6.08 Å². The Morgan fingerprint density at radius 1 is 1.38 bits per heavy atom. The molecule has 0 aliphatic carbocycles. The normalized spacial score (nSPS) is 11.2. The number of allylic oxidation sites excluding steroid dienone is 5. The van der Waals surface area contributed by atoms with Crippen LogP contribution in [0.3, 0.4) is 0 Å². The number of aryl methyl sites for hydroxylation is 2. The van der Waals surface area contributed by atoms with Crippen molar-refractivity contribution < 1.29 is 0 Å². The molecule has 0 atom stereocenters. The van der Waals surface area contributed by atoms with Crippen LogP contribution in [0.5, 0.6) is 0 Å². The molecule has 0 spiro atoms. The summed E-state index contributed by atoms with van der Waals surface area (Å²) in [5.74, 6) is 0. The second-order valence-corrected chi connectivity index (χ2v) is 3.17. The number of hydrogen-bond acceptors (Lipinski definition) is 1. The van der Waals surface area contributed by atoms with Crippen LogP contribution < -0.4 is 0 Å². The number of aromatic nitrogens is 2. The van der Waals surface area contributed by atoms with Crippen molar-refractivity contribution in [2.75, 3.05) is 0 Å². The van der Waals surface area contributed by atoms with Gasteiger partial charge in [0.05, 0.1) is 11.4 Å². The smallest absolute Gasteiger partial charge is 0.0642 e. The molecule has 1 heterocycles. The standard InChI is InChI=1S/C12H16N2.C2H6/c1-5-7-12(8-6-2)14-9-10(3)11(4)13-14;1-2/h5-9H,1H2,2-4H3;1-2H3/b8-6-,12-7+;. The summed E-state index contributed by atoms with van der Waals surface area (Å²) in [7, 11) is 0. The van der Waals surface area contributed by atoms with Crippen molar-refractivity contribution in [3.05, 3.63) is 48.3 Å². The van der Waals surface area contributed by atoms with E-state index in [1.165, 1.54) is 5.56 Å². The Morgan fingerprint density at radius 3 is 2.38 bits per heavy atom. The van der Waals surface area contributed by atoms with Gasteiger partial charge in [-0.15, -0.1) is 0 Å². The van der Waals surface area contributed by atoms with Crippen LogP contribution in [0.4, 0.5) is 0 Å². The van der Waals surface area contributed by atoms with Gasteiger partial charge < -0.3 is 0 Å². The molecular weight excluding hydrogens is 196 g/mol. The minimum absolute atomic E-state index is 1.03. The summed E-state index contributed by atoms with van der Waals surface area (Å²) in [5, 5.41) is 4.40. The van der Waals surface area contributed by atoms with E-state index in [-0.39, 0.29) is 0 Å². The molecule has 0 aliphatic heterocycles. The van der Waals surface area contributed by atoms with Crippen LogP contribution in [0.15, 0.2) is 37.1 Å². The minimum atomic E-state index is 1.03. The molecule has 0 aliphatic rings. The first-order valence-electron chi connectivity index (χ1n) is 5.67. The zero-order chi connectivity index (χ0) is 12.6. The molecule has 16 heavy (non-hydrogen) atoms. The average Bonchev–Trinajstić information content (AvgIpc) is 2.62. The summed E-state index contributed by atoms with van der Waals surface area (Å²) >= 11 is 0. The van der Waals surface area contributed by atoms with E-state index in [4.69, 9.17) is 0 Å². The maximum absolute atomic E-state index is 4.40. The molecule has 0 amide bonds. The van der Waals surface area contributed by atoms with Crippen molar-refractivity contribution in [3.8, 4) is 0 Å². The van der Waals surface area contributed by atoms with E-state index in [1.807, 2.05) is 56.8 Å². The fourth-order valence-corrected chi connectivity index (χ4v) is 1.18. The van der Waals surface area contributed by atoms with Crippen LogP contribution in [0.1, 0.15) is 32.0 Å². The van der Waals surface area contributed by atoms with Gasteiger partial charge in [-0.25, -0.2) is 4.68 Å². The molecule has 0 saturated carbocycles. The molecule has 1 aromatic heterocycles. The van der Waals surface area contributed by atoms with Crippen molar-refractivity contribution in [3.63, 3.8) is 0 Å². The first-order chi connectivity index (χ1) is 7.69. The third-order valence-electron chi connectivity index (χ3n) is 2.03. The largest absolute Gasteiger partial charge is 0.240 e. The van der Waals surface area contributed by atoms with Crippen molar-refractivity contribution in [2.24, 2.45) is 0 Å². The molecule has 0 saturated heterocycles. The Morgan fingerprint density at radius 2 is 2.00 bits per heavy atom. The van der Waals surface area contributed by atoms with Crippen LogP contribution in [0.2, 0.25) is 0 Å². The monoisotopic (exact) mass is 218 g/mol. The van der Waals surface area contributed by atoms with Gasteiger partial charge in [-0.2, -0.15) is 5.10 Å². The fraction of sp³-hybridized carbons (Fsp3) is 0.357. The van der Waals surface area contributed by atoms with Crippen LogP contribution in [-0.4, -0.2) is 9.78 Å². The van der Waals surface area contributed by atoms with Crippen LogP contribution in [0, 0.1) is 13.8 Å². The van der Waals surface area contributed by atoms with Gasteiger partial charge in [0.2, 0.25) is 0 Å². The molecule has 88 valence electrons. The molecule has 0 aromatic carbocycles. The summed E-state index contributed by atoms with van der Waals surface area (Å²) < 4.78 is 1.87. The molecule has 2 heteroatoms. The highest BCUT2D eigenvalue weighted by molar-refractivity contribution is 5.58. The minimum Gasteiger partial charge on any atom is -0.240 e. The van der Waals surface area contributed by atoms with Crippen LogP contribution in [-0.2, 0) is 0 Å². The van der Waals surface area contributed by atoms with E-state index in [2.05, 4.69) is 18.6 Å². The van der Waals surface area contributed by atoms with Gasteiger partial charge in [-0.3, -0.25) is 0 Å². The van der Waals surface area contributed by atoms with E-state index in [9.17, 15) is 0 Å². The topological polar surface area (TPSA) is 17.8 Å². The Bertz CT molecular complexity index is 362. The van der Waals surface area contributed by atoms with Crippen LogP contribution >= 0.6 is 0 Å². The first kappa shape index (κ1) is 14.4. The molecule has 1 aromatic rings. The van der Waals surface area contributed by atoms with Crippen molar-refractivity contribution in [1.82, 2.24) is 9.78 Å². The highest BCUT2D eigenvalue weighted by atomic mass is 15.3. The molecule has 0 fully saturated rings. The van der Waals surface area contributed by atoms with Crippen molar-refractivity contribution >= 4 is 5.70 Å². The van der Waals surface area contributed by atoms with Gasteiger partial charge in [0.1, 0.15) is 0 Å². The highest BCUT2D eigenvalue weighted by Crippen LogP contribution is 2.10. The number of nitrogens with zero attached hydrogens (tertiary/aromatic N) is 2. The number of rotatable bonds is 3. The van der Waals surface area contributed by atoms with Gasteiger partial charge >= 0.3 is 0 Å². The third kappa shape index (κ3) is 3.89. The van der Waals surface area contributed by atoms with Gasteiger partial charge in [0.15, 0.2) is 0 Å². The Hall–Kier alpha value is -1.57. The van der Waals surface area contributed by atoms with Gasteiger partial charge in [0.25, 0.3) is 0 Å². The van der Waals surface area contributed by atoms with Crippen molar-refractivity contribution in [1.29, 1.82) is 0 Å². The Balaban J connectivity index is 0.00000106. The highest BCUT2D eigenvalue weighted by Gasteiger charge is 2.01. The van der Waals surface area contributed by atoms with E-state index in [0.29, 0.717) is 0 Å². The predicted octanol–water partition coefficient (Wildman–Crippen LogP) is 4.13. The molecule has 0 N–H and O–H groups in total. The fourth-order valence-electron chi connectivity index (χ4n) is 1.18. The van der Waals surface area contributed by atoms with Gasteiger partial charge in [-0.05, 0) is 38.5 Å². The van der Waals surface area contributed by atoms with E-state index < -0.39 is 0 Å².